The van der Waals surface area contributed by atoms with Crippen LogP contribution in [0.2, 0.25) is 0 Å². The maximum atomic E-state index is 11.9. The number of fused-ring (bicyclic) bond motifs is 1. The van der Waals surface area contributed by atoms with Gasteiger partial charge in [-0.05, 0) is 31.4 Å². The van der Waals surface area contributed by atoms with Crippen LogP contribution in [0.4, 0.5) is 0 Å². The Kier molecular flexibility index (Phi) is 7.69. The average molecular weight is 350 g/mol. The first-order valence-electron chi connectivity index (χ1n) is 9.47. The first-order valence-corrected chi connectivity index (χ1v) is 9.47. The summed E-state index contributed by atoms with van der Waals surface area (Å²) in [6, 6.07) is 0. The summed E-state index contributed by atoms with van der Waals surface area (Å²) in [5.41, 5.74) is 0. The van der Waals surface area contributed by atoms with Gasteiger partial charge < -0.3 is 14.9 Å². The number of aliphatic hydroxyl groups is 1. The Morgan fingerprint density at radius 1 is 1.24 bits per heavy atom. The van der Waals surface area contributed by atoms with Gasteiger partial charge in [-0.1, -0.05) is 25.8 Å². The smallest absolute Gasteiger partial charge is 0.303 e. The van der Waals surface area contributed by atoms with Crippen LogP contribution in [0.1, 0.15) is 64.7 Å². The number of allylic oxidation sites excluding steroid dienone is 3. The number of ketones is 1. The third kappa shape index (κ3) is 5.99. The lowest BCUT2D eigenvalue weighted by Gasteiger charge is -2.14. The normalized spacial score (nSPS) is 29.9. The van der Waals surface area contributed by atoms with Gasteiger partial charge in [-0.3, -0.25) is 9.59 Å². The van der Waals surface area contributed by atoms with Crippen molar-refractivity contribution in [2.24, 2.45) is 11.8 Å². The second-order valence-corrected chi connectivity index (χ2v) is 7.14. The van der Waals surface area contributed by atoms with Gasteiger partial charge in [0, 0.05) is 37.5 Å². The minimum Gasteiger partial charge on any atom is -0.495 e. The summed E-state index contributed by atoms with van der Waals surface area (Å²) >= 11 is 0. The maximum absolute atomic E-state index is 11.9. The number of aliphatic hydroxyl groups excluding tert-OH is 1. The van der Waals surface area contributed by atoms with Gasteiger partial charge >= 0.3 is 5.97 Å². The summed E-state index contributed by atoms with van der Waals surface area (Å²) < 4.78 is 5.91. The molecule has 1 saturated heterocycles. The SMILES string of the molecule is CCCCCC(=O)C=CC1C(O)CC2OC(=CCCCC(=O)O)CC21. The van der Waals surface area contributed by atoms with E-state index in [-0.39, 0.29) is 30.1 Å². The van der Waals surface area contributed by atoms with E-state index in [1.165, 1.54) is 0 Å². The molecule has 0 aromatic rings. The first-order chi connectivity index (χ1) is 12.0. The van der Waals surface area contributed by atoms with E-state index >= 15 is 0 Å². The maximum Gasteiger partial charge on any atom is 0.303 e. The van der Waals surface area contributed by atoms with E-state index in [9.17, 15) is 14.7 Å². The summed E-state index contributed by atoms with van der Waals surface area (Å²) in [5.74, 6) is 0.428. The summed E-state index contributed by atoms with van der Waals surface area (Å²) in [5, 5.41) is 18.9. The molecule has 5 heteroatoms. The second kappa shape index (κ2) is 9.76. The first kappa shape index (κ1) is 19.7. The molecule has 2 fully saturated rings. The second-order valence-electron chi connectivity index (χ2n) is 7.14. The van der Waals surface area contributed by atoms with Crippen LogP contribution >= 0.6 is 0 Å². The number of unbranched alkanes of at least 4 members (excludes halogenated alkanes) is 3. The molecule has 2 aliphatic rings. The van der Waals surface area contributed by atoms with Gasteiger partial charge in [0.05, 0.1) is 11.9 Å². The number of ether oxygens (including phenoxy) is 1. The van der Waals surface area contributed by atoms with Crippen molar-refractivity contribution in [2.45, 2.75) is 76.9 Å². The molecule has 0 aromatic carbocycles. The predicted molar refractivity (Wildman–Crippen MR) is 95.0 cm³/mol. The Morgan fingerprint density at radius 3 is 2.76 bits per heavy atom. The van der Waals surface area contributed by atoms with Crippen molar-refractivity contribution in [2.75, 3.05) is 0 Å². The third-order valence-corrected chi connectivity index (χ3v) is 5.13. The highest BCUT2D eigenvalue weighted by Crippen LogP contribution is 2.45. The molecule has 0 bridgehead atoms. The number of carboxylic acids is 1. The Balaban J connectivity index is 1.84. The lowest BCUT2D eigenvalue weighted by atomic mass is 9.90. The van der Waals surface area contributed by atoms with Crippen LogP contribution in [0.5, 0.6) is 0 Å². The summed E-state index contributed by atoms with van der Waals surface area (Å²) in [7, 11) is 0. The number of aliphatic carboxylic acids is 1. The fourth-order valence-electron chi connectivity index (χ4n) is 3.75. The van der Waals surface area contributed by atoms with Crippen molar-refractivity contribution in [3.8, 4) is 0 Å². The van der Waals surface area contributed by atoms with Crippen LogP contribution in [0.3, 0.4) is 0 Å². The Labute approximate surface area is 149 Å². The molecule has 140 valence electrons. The van der Waals surface area contributed by atoms with E-state index in [1.54, 1.807) is 6.08 Å². The van der Waals surface area contributed by atoms with Gasteiger partial charge in [0.1, 0.15) is 6.10 Å². The summed E-state index contributed by atoms with van der Waals surface area (Å²) in [6.45, 7) is 2.11. The standard InChI is InChI=1S/C20H30O5/c1-2-3-4-7-14(21)10-11-16-17-12-15(8-5-6-9-20(23)24)25-19(17)13-18(16)22/h8,10-11,16-19,22H,2-7,9,12-13H2,1H3,(H,23,24). The molecule has 2 N–H and O–H groups in total. The molecular formula is C20H30O5. The summed E-state index contributed by atoms with van der Waals surface area (Å²) in [6.07, 6.45) is 11.5. The minimum atomic E-state index is -0.778. The molecule has 1 saturated carbocycles. The zero-order valence-corrected chi connectivity index (χ0v) is 15.0. The number of carbonyl (C=O) groups excluding carboxylic acids is 1. The number of carboxylic acid groups (broad SMARTS) is 1. The molecule has 25 heavy (non-hydrogen) atoms. The quantitative estimate of drug-likeness (QED) is 0.464. The molecule has 4 atom stereocenters. The number of hydrogen-bond acceptors (Lipinski definition) is 4. The molecule has 4 unspecified atom stereocenters. The zero-order valence-electron chi connectivity index (χ0n) is 15.0. The molecule has 1 aliphatic heterocycles. The van der Waals surface area contributed by atoms with Gasteiger partial charge in [-0.2, -0.15) is 0 Å². The van der Waals surface area contributed by atoms with Crippen LogP contribution in [-0.4, -0.2) is 34.2 Å². The van der Waals surface area contributed by atoms with E-state index in [1.807, 2.05) is 12.2 Å². The van der Waals surface area contributed by atoms with Crippen LogP contribution in [-0.2, 0) is 14.3 Å². The molecule has 2 rings (SSSR count). The van der Waals surface area contributed by atoms with Crippen LogP contribution in [0.15, 0.2) is 24.0 Å². The molecule has 1 aliphatic carbocycles. The fourth-order valence-corrected chi connectivity index (χ4v) is 3.75. The van der Waals surface area contributed by atoms with E-state index in [4.69, 9.17) is 9.84 Å². The molecule has 0 spiro atoms. The Hall–Kier alpha value is -1.62. The van der Waals surface area contributed by atoms with E-state index < -0.39 is 12.1 Å². The van der Waals surface area contributed by atoms with Gasteiger partial charge in [-0.15, -0.1) is 0 Å². The molecule has 0 amide bonds. The zero-order chi connectivity index (χ0) is 18.2. The largest absolute Gasteiger partial charge is 0.495 e. The van der Waals surface area contributed by atoms with E-state index in [2.05, 4.69) is 6.92 Å². The number of hydrogen-bond donors (Lipinski definition) is 2. The number of carbonyl (C=O) groups is 2. The molecule has 5 nitrogen and oxygen atoms in total. The van der Waals surface area contributed by atoms with Gasteiger partial charge in [0.2, 0.25) is 0 Å². The minimum absolute atomic E-state index is 0.00515. The van der Waals surface area contributed by atoms with Crippen molar-refractivity contribution in [3.05, 3.63) is 24.0 Å². The van der Waals surface area contributed by atoms with Crippen molar-refractivity contribution in [1.29, 1.82) is 0 Å². The van der Waals surface area contributed by atoms with E-state index in [0.29, 0.717) is 25.7 Å². The van der Waals surface area contributed by atoms with Crippen LogP contribution in [0.25, 0.3) is 0 Å². The van der Waals surface area contributed by atoms with Crippen LogP contribution < -0.4 is 0 Å². The lowest BCUT2D eigenvalue weighted by molar-refractivity contribution is -0.137. The van der Waals surface area contributed by atoms with Crippen molar-refractivity contribution in [3.63, 3.8) is 0 Å². The topological polar surface area (TPSA) is 83.8 Å². The fraction of sp³-hybridized carbons (Fsp3) is 0.700. The molecule has 1 heterocycles. The Bertz CT molecular complexity index is 522. The van der Waals surface area contributed by atoms with Crippen molar-refractivity contribution >= 4 is 11.8 Å². The lowest BCUT2D eigenvalue weighted by Crippen LogP contribution is -2.17. The van der Waals surface area contributed by atoms with Crippen molar-refractivity contribution in [1.82, 2.24) is 0 Å². The molecular weight excluding hydrogens is 320 g/mol. The highest BCUT2D eigenvalue weighted by atomic mass is 16.5. The summed E-state index contributed by atoms with van der Waals surface area (Å²) in [4.78, 5) is 22.4. The Morgan fingerprint density at radius 2 is 2.04 bits per heavy atom. The average Bonchev–Trinajstić information content (AvgIpc) is 3.06. The number of rotatable bonds is 10. The molecule has 0 aromatic heterocycles. The van der Waals surface area contributed by atoms with E-state index in [0.717, 1.165) is 31.4 Å². The highest BCUT2D eigenvalue weighted by molar-refractivity contribution is 5.89. The predicted octanol–water partition coefficient (Wildman–Crippen LogP) is 3.62. The van der Waals surface area contributed by atoms with Gasteiger partial charge in [-0.25, -0.2) is 0 Å². The van der Waals surface area contributed by atoms with Gasteiger partial charge in [0.25, 0.3) is 0 Å². The van der Waals surface area contributed by atoms with Crippen molar-refractivity contribution < 1.29 is 24.5 Å². The molecule has 0 radical (unpaired) electrons. The third-order valence-electron chi connectivity index (χ3n) is 5.13. The van der Waals surface area contributed by atoms with Crippen LogP contribution in [0, 0.1) is 11.8 Å². The monoisotopic (exact) mass is 350 g/mol. The van der Waals surface area contributed by atoms with Gasteiger partial charge in [0.15, 0.2) is 5.78 Å². The highest BCUT2D eigenvalue weighted by Gasteiger charge is 2.46.